The number of carbonyl (C=O) groups is 2. The van der Waals surface area contributed by atoms with E-state index in [1.807, 2.05) is 6.92 Å². The van der Waals surface area contributed by atoms with Gasteiger partial charge in [0, 0.05) is 34.0 Å². The fraction of sp³-hybridized carbons (Fsp3) is 0.263. The highest BCUT2D eigenvalue weighted by atomic mass is 35.5. The lowest BCUT2D eigenvalue weighted by Crippen LogP contribution is -2.40. The maximum Gasteiger partial charge on any atom is 0.319 e. The summed E-state index contributed by atoms with van der Waals surface area (Å²) in [6, 6.07) is 13.1. The number of nitrogens with one attached hydrogen (secondary N) is 4. The molecule has 0 spiro atoms. The smallest absolute Gasteiger partial charge is 0.319 e. The third-order valence-electron chi connectivity index (χ3n) is 3.77. The average Bonchev–Trinajstić information content (AvgIpc) is 2.60. The van der Waals surface area contributed by atoms with Crippen LogP contribution in [0.3, 0.4) is 0 Å². The van der Waals surface area contributed by atoms with Gasteiger partial charge in [0.15, 0.2) is 0 Å². The lowest BCUT2D eigenvalue weighted by molar-refractivity contribution is 0.246. The molecule has 8 heteroatoms. The third-order valence-corrected chi connectivity index (χ3v) is 4.24. The highest BCUT2D eigenvalue weighted by Gasteiger charge is 2.11. The van der Waals surface area contributed by atoms with Crippen molar-refractivity contribution in [2.24, 2.45) is 0 Å². The van der Waals surface area contributed by atoms with Crippen LogP contribution in [0.4, 0.5) is 21.0 Å². The highest BCUT2D eigenvalue weighted by molar-refractivity contribution is 6.31. The number of urea groups is 2. The average molecular weight is 409 g/mol. The highest BCUT2D eigenvalue weighted by Crippen LogP contribution is 2.15. The van der Waals surface area contributed by atoms with Crippen LogP contribution >= 0.6 is 23.2 Å². The van der Waals surface area contributed by atoms with Gasteiger partial charge in [-0.05, 0) is 49.2 Å². The van der Waals surface area contributed by atoms with E-state index >= 15 is 0 Å². The largest absolute Gasteiger partial charge is 0.338 e. The van der Waals surface area contributed by atoms with E-state index in [1.165, 1.54) is 0 Å². The molecule has 6 nitrogen and oxygen atoms in total. The van der Waals surface area contributed by atoms with Crippen molar-refractivity contribution >= 4 is 46.6 Å². The lowest BCUT2D eigenvalue weighted by atomic mass is 10.1. The molecule has 0 aliphatic carbocycles. The standard InChI is InChI=1S/C19H22Cl2N4O2/c1-2-15(23-19(27)25-17-8-4-6-14(21)12-17)9-10-22-18(26)24-16-7-3-5-13(20)11-16/h3-8,11-12,15H,2,9-10H2,1H3,(H2,22,24,26)(H2,23,25,27)/t15-/m0/s1. The van der Waals surface area contributed by atoms with Crippen LogP contribution in [0, 0.1) is 0 Å². The molecule has 0 aliphatic rings. The molecule has 0 heterocycles. The first-order valence-electron chi connectivity index (χ1n) is 8.59. The van der Waals surface area contributed by atoms with Gasteiger partial charge in [-0.3, -0.25) is 0 Å². The van der Waals surface area contributed by atoms with Crippen LogP contribution < -0.4 is 21.3 Å². The van der Waals surface area contributed by atoms with E-state index in [4.69, 9.17) is 23.2 Å². The molecule has 2 aromatic rings. The van der Waals surface area contributed by atoms with Crippen LogP contribution in [0.2, 0.25) is 10.0 Å². The van der Waals surface area contributed by atoms with E-state index in [2.05, 4.69) is 21.3 Å². The fourth-order valence-corrected chi connectivity index (χ4v) is 2.78. The Labute approximate surface area is 168 Å². The van der Waals surface area contributed by atoms with Gasteiger partial charge in [0.1, 0.15) is 0 Å². The monoisotopic (exact) mass is 408 g/mol. The number of carbonyl (C=O) groups excluding carboxylic acids is 2. The van der Waals surface area contributed by atoms with E-state index in [9.17, 15) is 9.59 Å². The first-order chi connectivity index (χ1) is 13.0. The molecule has 27 heavy (non-hydrogen) atoms. The van der Waals surface area contributed by atoms with Crippen molar-refractivity contribution in [1.82, 2.24) is 10.6 Å². The Bertz CT molecular complexity index is 786. The summed E-state index contributed by atoms with van der Waals surface area (Å²) in [5.74, 6) is 0. The van der Waals surface area contributed by atoms with Gasteiger partial charge in [-0.25, -0.2) is 9.59 Å². The van der Waals surface area contributed by atoms with Gasteiger partial charge in [0.25, 0.3) is 0 Å². The second-order valence-electron chi connectivity index (χ2n) is 5.89. The van der Waals surface area contributed by atoms with Crippen molar-refractivity contribution in [1.29, 1.82) is 0 Å². The van der Waals surface area contributed by atoms with Gasteiger partial charge < -0.3 is 21.3 Å². The number of hydrogen-bond donors (Lipinski definition) is 4. The zero-order valence-corrected chi connectivity index (χ0v) is 16.4. The quantitative estimate of drug-likeness (QED) is 0.513. The summed E-state index contributed by atoms with van der Waals surface area (Å²) >= 11 is 11.8. The number of amides is 4. The molecular formula is C19H22Cl2N4O2. The topological polar surface area (TPSA) is 82.3 Å². The number of anilines is 2. The van der Waals surface area contributed by atoms with E-state index in [0.29, 0.717) is 34.4 Å². The maximum atomic E-state index is 12.1. The molecular weight excluding hydrogens is 387 g/mol. The Morgan fingerprint density at radius 2 is 1.48 bits per heavy atom. The Hall–Kier alpha value is -2.44. The normalized spacial score (nSPS) is 11.4. The molecule has 0 saturated heterocycles. The summed E-state index contributed by atoms with van der Waals surface area (Å²) < 4.78 is 0. The molecule has 0 bridgehead atoms. The van der Waals surface area contributed by atoms with Crippen LogP contribution in [0.25, 0.3) is 0 Å². The zero-order chi connectivity index (χ0) is 19.6. The van der Waals surface area contributed by atoms with Gasteiger partial charge in [0.2, 0.25) is 0 Å². The van der Waals surface area contributed by atoms with Crippen molar-refractivity contribution in [3.63, 3.8) is 0 Å². The first-order valence-corrected chi connectivity index (χ1v) is 9.35. The fourth-order valence-electron chi connectivity index (χ4n) is 2.40. The van der Waals surface area contributed by atoms with Crippen molar-refractivity contribution < 1.29 is 9.59 Å². The van der Waals surface area contributed by atoms with Gasteiger partial charge in [-0.15, -0.1) is 0 Å². The SMILES string of the molecule is CC[C@@H](CCNC(=O)Nc1cccc(Cl)c1)NC(=O)Nc1cccc(Cl)c1. The van der Waals surface area contributed by atoms with E-state index in [-0.39, 0.29) is 18.1 Å². The van der Waals surface area contributed by atoms with E-state index in [0.717, 1.165) is 6.42 Å². The van der Waals surface area contributed by atoms with Crippen LogP contribution in [-0.2, 0) is 0 Å². The number of halogens is 2. The number of benzene rings is 2. The molecule has 0 saturated carbocycles. The molecule has 144 valence electrons. The molecule has 0 radical (unpaired) electrons. The molecule has 0 aromatic heterocycles. The molecule has 1 atom stereocenters. The molecule has 0 unspecified atom stereocenters. The molecule has 2 rings (SSSR count). The molecule has 4 N–H and O–H groups in total. The van der Waals surface area contributed by atoms with Crippen LogP contribution in [-0.4, -0.2) is 24.6 Å². The number of rotatable bonds is 7. The Morgan fingerprint density at radius 3 is 2.00 bits per heavy atom. The molecule has 0 aliphatic heterocycles. The molecule has 2 aromatic carbocycles. The minimum absolute atomic E-state index is 0.0735. The van der Waals surface area contributed by atoms with E-state index in [1.54, 1.807) is 48.5 Å². The predicted octanol–water partition coefficient (Wildman–Crippen LogP) is 5.11. The second-order valence-corrected chi connectivity index (χ2v) is 6.77. The minimum Gasteiger partial charge on any atom is -0.338 e. The van der Waals surface area contributed by atoms with Gasteiger partial charge in [-0.2, -0.15) is 0 Å². The van der Waals surface area contributed by atoms with Crippen molar-refractivity contribution in [3.8, 4) is 0 Å². The van der Waals surface area contributed by atoms with Crippen LogP contribution in [0.15, 0.2) is 48.5 Å². The van der Waals surface area contributed by atoms with Crippen LogP contribution in [0.5, 0.6) is 0 Å². The van der Waals surface area contributed by atoms with Gasteiger partial charge >= 0.3 is 12.1 Å². The first kappa shape index (κ1) is 20.9. The maximum absolute atomic E-state index is 12.1. The summed E-state index contributed by atoms with van der Waals surface area (Å²) in [4.78, 5) is 24.0. The third kappa shape index (κ3) is 7.76. The number of hydrogen-bond acceptors (Lipinski definition) is 2. The van der Waals surface area contributed by atoms with Crippen molar-refractivity contribution in [2.45, 2.75) is 25.8 Å². The van der Waals surface area contributed by atoms with Crippen molar-refractivity contribution in [2.75, 3.05) is 17.2 Å². The Morgan fingerprint density at radius 1 is 0.926 bits per heavy atom. The van der Waals surface area contributed by atoms with Crippen LogP contribution in [0.1, 0.15) is 19.8 Å². The summed E-state index contributed by atoms with van der Waals surface area (Å²) in [7, 11) is 0. The lowest BCUT2D eigenvalue weighted by Gasteiger charge is -2.18. The summed E-state index contributed by atoms with van der Waals surface area (Å²) in [6.45, 7) is 2.39. The Kier molecular flexibility index (Phi) is 8.23. The molecule has 0 fully saturated rings. The summed E-state index contributed by atoms with van der Waals surface area (Å²) in [5, 5.41) is 12.2. The van der Waals surface area contributed by atoms with Gasteiger partial charge in [0.05, 0.1) is 0 Å². The summed E-state index contributed by atoms with van der Waals surface area (Å²) in [6.07, 6.45) is 1.34. The minimum atomic E-state index is -0.324. The van der Waals surface area contributed by atoms with Gasteiger partial charge in [-0.1, -0.05) is 42.3 Å². The molecule has 4 amide bonds. The second kappa shape index (κ2) is 10.6. The van der Waals surface area contributed by atoms with Crippen molar-refractivity contribution in [3.05, 3.63) is 58.6 Å². The predicted molar refractivity (Wildman–Crippen MR) is 111 cm³/mol. The Balaban J connectivity index is 1.72. The van der Waals surface area contributed by atoms with E-state index < -0.39 is 0 Å². The summed E-state index contributed by atoms with van der Waals surface area (Å²) in [5.41, 5.74) is 1.24. The zero-order valence-electron chi connectivity index (χ0n) is 14.9.